The number of carbonyl (C=O) groups excluding carboxylic acids is 1. The van der Waals surface area contributed by atoms with E-state index in [1.165, 1.54) is 0 Å². The lowest BCUT2D eigenvalue weighted by molar-refractivity contribution is 0.102. The van der Waals surface area contributed by atoms with Gasteiger partial charge in [-0.2, -0.15) is 11.8 Å². The fourth-order valence-electron chi connectivity index (χ4n) is 2.41. The molecule has 24 heavy (non-hydrogen) atoms. The normalized spacial score (nSPS) is 16.7. The standard InChI is InChI=1S/C18H21N3O2S/c1-21(2)15-6-4-14(5-7-15)20-18(22)13-3-8-17(19-11-13)23-16-9-10-24-12-16/h3-8,11,16H,9-10,12H2,1-2H3,(H,20,22). The van der Waals surface area contributed by atoms with Crippen molar-refractivity contribution in [1.82, 2.24) is 4.98 Å². The molecule has 1 amide bonds. The summed E-state index contributed by atoms with van der Waals surface area (Å²) in [4.78, 5) is 18.5. The maximum Gasteiger partial charge on any atom is 0.257 e. The number of nitrogens with zero attached hydrogens (tertiary/aromatic N) is 2. The van der Waals surface area contributed by atoms with Crippen molar-refractivity contribution in [2.75, 3.05) is 35.8 Å². The molecule has 1 aromatic carbocycles. The first-order chi connectivity index (χ1) is 11.6. The van der Waals surface area contributed by atoms with E-state index >= 15 is 0 Å². The van der Waals surface area contributed by atoms with E-state index in [1.54, 1.807) is 18.3 Å². The van der Waals surface area contributed by atoms with Crippen molar-refractivity contribution in [3.05, 3.63) is 48.2 Å². The Morgan fingerprint density at radius 2 is 2.04 bits per heavy atom. The third-order valence-electron chi connectivity index (χ3n) is 3.82. The van der Waals surface area contributed by atoms with E-state index in [4.69, 9.17) is 4.74 Å². The Bertz CT molecular complexity index is 680. The number of pyridine rings is 1. The van der Waals surface area contributed by atoms with Crippen LogP contribution in [0, 0.1) is 0 Å². The zero-order valence-electron chi connectivity index (χ0n) is 13.9. The summed E-state index contributed by atoms with van der Waals surface area (Å²) in [5, 5.41) is 2.88. The first-order valence-corrected chi connectivity index (χ1v) is 9.06. The summed E-state index contributed by atoms with van der Waals surface area (Å²) in [5.41, 5.74) is 2.36. The molecule has 1 aliphatic rings. The van der Waals surface area contributed by atoms with Gasteiger partial charge in [-0.1, -0.05) is 0 Å². The highest BCUT2D eigenvalue weighted by Gasteiger charge is 2.17. The highest BCUT2D eigenvalue weighted by molar-refractivity contribution is 7.99. The number of hydrogen-bond acceptors (Lipinski definition) is 5. The molecule has 1 unspecified atom stereocenters. The van der Waals surface area contributed by atoms with Crippen LogP contribution >= 0.6 is 11.8 Å². The topological polar surface area (TPSA) is 54.5 Å². The summed E-state index contributed by atoms with van der Waals surface area (Å²) in [5.74, 6) is 2.54. The fraction of sp³-hybridized carbons (Fsp3) is 0.333. The number of benzene rings is 1. The van der Waals surface area contributed by atoms with Crippen LogP contribution in [0.15, 0.2) is 42.6 Å². The molecule has 1 fully saturated rings. The van der Waals surface area contributed by atoms with Gasteiger partial charge in [-0.15, -0.1) is 0 Å². The summed E-state index contributed by atoms with van der Waals surface area (Å²) in [6.45, 7) is 0. The second-order valence-electron chi connectivity index (χ2n) is 5.88. The van der Waals surface area contributed by atoms with E-state index in [9.17, 15) is 4.79 Å². The molecule has 1 aliphatic heterocycles. The van der Waals surface area contributed by atoms with Crippen molar-refractivity contribution in [3.8, 4) is 5.88 Å². The van der Waals surface area contributed by atoms with E-state index in [1.807, 2.05) is 55.0 Å². The summed E-state index contributed by atoms with van der Waals surface area (Å²) in [7, 11) is 3.96. The van der Waals surface area contributed by atoms with E-state index in [0.717, 1.165) is 29.3 Å². The molecule has 0 saturated carbocycles. The summed E-state index contributed by atoms with van der Waals surface area (Å²) < 4.78 is 5.80. The second kappa shape index (κ2) is 7.57. The molecule has 1 saturated heterocycles. The molecular formula is C18H21N3O2S. The van der Waals surface area contributed by atoms with Gasteiger partial charge in [-0.05, 0) is 42.5 Å². The highest BCUT2D eigenvalue weighted by Crippen LogP contribution is 2.22. The molecule has 126 valence electrons. The lowest BCUT2D eigenvalue weighted by Crippen LogP contribution is -2.16. The molecule has 0 radical (unpaired) electrons. The second-order valence-corrected chi connectivity index (χ2v) is 7.03. The van der Waals surface area contributed by atoms with E-state index in [2.05, 4.69) is 10.3 Å². The van der Waals surface area contributed by atoms with Crippen LogP contribution in [0.3, 0.4) is 0 Å². The molecule has 2 heterocycles. The number of ether oxygens (including phenoxy) is 1. The van der Waals surface area contributed by atoms with Crippen molar-refractivity contribution >= 4 is 29.0 Å². The minimum absolute atomic E-state index is 0.178. The average molecular weight is 343 g/mol. The Hall–Kier alpha value is -2.21. The van der Waals surface area contributed by atoms with Gasteiger partial charge in [0.25, 0.3) is 5.91 Å². The van der Waals surface area contributed by atoms with E-state index in [0.29, 0.717) is 11.4 Å². The minimum Gasteiger partial charge on any atom is -0.473 e. The lowest BCUT2D eigenvalue weighted by atomic mass is 10.2. The van der Waals surface area contributed by atoms with Gasteiger partial charge in [-0.3, -0.25) is 4.79 Å². The molecule has 2 aromatic rings. The quantitative estimate of drug-likeness (QED) is 0.903. The molecule has 5 nitrogen and oxygen atoms in total. The molecular weight excluding hydrogens is 322 g/mol. The highest BCUT2D eigenvalue weighted by atomic mass is 32.2. The van der Waals surface area contributed by atoms with Gasteiger partial charge in [-0.25, -0.2) is 4.98 Å². The number of amides is 1. The van der Waals surface area contributed by atoms with Crippen LogP contribution in [0.4, 0.5) is 11.4 Å². The van der Waals surface area contributed by atoms with Gasteiger partial charge in [0.05, 0.1) is 5.56 Å². The summed E-state index contributed by atoms with van der Waals surface area (Å²) in [6, 6.07) is 11.2. The van der Waals surface area contributed by atoms with Crippen LogP contribution < -0.4 is 15.0 Å². The SMILES string of the molecule is CN(C)c1ccc(NC(=O)c2ccc(OC3CCSC3)nc2)cc1. The largest absolute Gasteiger partial charge is 0.473 e. The van der Waals surface area contributed by atoms with E-state index < -0.39 is 0 Å². The zero-order chi connectivity index (χ0) is 16.9. The number of nitrogens with one attached hydrogen (secondary N) is 1. The van der Waals surface area contributed by atoms with Crippen molar-refractivity contribution in [1.29, 1.82) is 0 Å². The number of aromatic nitrogens is 1. The summed E-state index contributed by atoms with van der Waals surface area (Å²) in [6.07, 6.45) is 2.84. The van der Waals surface area contributed by atoms with Gasteiger partial charge in [0.2, 0.25) is 5.88 Å². The maximum absolute atomic E-state index is 12.3. The number of anilines is 2. The first-order valence-electron chi connectivity index (χ1n) is 7.91. The van der Waals surface area contributed by atoms with Gasteiger partial charge in [0.15, 0.2) is 0 Å². The van der Waals surface area contributed by atoms with Crippen LogP contribution in [0.25, 0.3) is 0 Å². The Morgan fingerprint density at radius 3 is 2.62 bits per heavy atom. The van der Waals surface area contributed by atoms with Gasteiger partial charge >= 0.3 is 0 Å². The summed E-state index contributed by atoms with van der Waals surface area (Å²) >= 11 is 1.89. The lowest BCUT2D eigenvalue weighted by Gasteiger charge is -2.13. The predicted molar refractivity (Wildman–Crippen MR) is 99.3 cm³/mol. The first kappa shape index (κ1) is 16.6. The van der Waals surface area contributed by atoms with Crippen molar-refractivity contribution in [2.45, 2.75) is 12.5 Å². The monoisotopic (exact) mass is 343 g/mol. The molecule has 1 atom stereocenters. The van der Waals surface area contributed by atoms with Gasteiger partial charge in [0.1, 0.15) is 6.10 Å². The van der Waals surface area contributed by atoms with Gasteiger partial charge < -0.3 is 15.0 Å². The van der Waals surface area contributed by atoms with Crippen LogP contribution in [-0.4, -0.2) is 42.6 Å². The molecule has 3 rings (SSSR count). The molecule has 0 spiro atoms. The van der Waals surface area contributed by atoms with Crippen molar-refractivity contribution in [2.24, 2.45) is 0 Å². The Labute approximate surface area is 146 Å². The smallest absolute Gasteiger partial charge is 0.257 e. The van der Waals surface area contributed by atoms with Crippen LogP contribution in [-0.2, 0) is 0 Å². The van der Waals surface area contributed by atoms with Gasteiger partial charge in [0, 0.05) is 43.5 Å². The molecule has 1 N–H and O–H groups in total. The molecule has 6 heteroatoms. The zero-order valence-corrected chi connectivity index (χ0v) is 14.7. The Kier molecular flexibility index (Phi) is 5.25. The number of rotatable bonds is 5. The van der Waals surface area contributed by atoms with Crippen molar-refractivity contribution in [3.63, 3.8) is 0 Å². The predicted octanol–water partition coefficient (Wildman–Crippen LogP) is 3.28. The molecule has 1 aromatic heterocycles. The Morgan fingerprint density at radius 1 is 1.25 bits per heavy atom. The van der Waals surface area contributed by atoms with Crippen LogP contribution in [0.5, 0.6) is 5.88 Å². The number of carbonyl (C=O) groups is 1. The Balaban J connectivity index is 1.60. The fourth-order valence-corrected chi connectivity index (χ4v) is 3.50. The third-order valence-corrected chi connectivity index (χ3v) is 4.95. The molecule has 0 aliphatic carbocycles. The maximum atomic E-state index is 12.3. The number of hydrogen-bond donors (Lipinski definition) is 1. The van der Waals surface area contributed by atoms with Crippen LogP contribution in [0.2, 0.25) is 0 Å². The molecule has 0 bridgehead atoms. The van der Waals surface area contributed by atoms with E-state index in [-0.39, 0.29) is 12.0 Å². The minimum atomic E-state index is -0.178. The third kappa shape index (κ3) is 4.20. The average Bonchev–Trinajstić information content (AvgIpc) is 3.09. The van der Waals surface area contributed by atoms with Crippen molar-refractivity contribution < 1.29 is 9.53 Å². The number of thioether (sulfide) groups is 1. The van der Waals surface area contributed by atoms with Crippen LogP contribution in [0.1, 0.15) is 16.8 Å².